The van der Waals surface area contributed by atoms with E-state index in [1.54, 1.807) is 0 Å². The van der Waals surface area contributed by atoms with Gasteiger partial charge >= 0.3 is 0 Å². The van der Waals surface area contributed by atoms with E-state index < -0.39 is 0 Å². The second-order valence-corrected chi connectivity index (χ2v) is 6.21. The summed E-state index contributed by atoms with van der Waals surface area (Å²) < 4.78 is 0. The Bertz CT molecular complexity index is 154. The third-order valence-corrected chi connectivity index (χ3v) is 2.97. The average molecular weight is 184 g/mol. The molecule has 0 radical (unpaired) electrons. The van der Waals surface area contributed by atoms with Crippen molar-refractivity contribution in [1.82, 2.24) is 10.4 Å². The molecule has 2 nitrogen and oxygen atoms in total. The summed E-state index contributed by atoms with van der Waals surface area (Å²) in [5.41, 5.74) is 4.16. The van der Waals surface area contributed by atoms with Gasteiger partial charge in [0.25, 0.3) is 0 Å². The molecule has 13 heavy (non-hydrogen) atoms. The highest BCUT2D eigenvalue weighted by Crippen LogP contribution is 2.30. The number of nitrogens with zero attached hydrogens (tertiary/aromatic N) is 1. The first kappa shape index (κ1) is 11.0. The second kappa shape index (κ2) is 3.25. The maximum absolute atomic E-state index is 3.49. The largest absolute Gasteiger partial charge is 0.254 e. The minimum atomic E-state index is 0.250. The van der Waals surface area contributed by atoms with Gasteiger partial charge in [-0.15, -0.1) is 0 Å². The summed E-state index contributed by atoms with van der Waals surface area (Å²) >= 11 is 0. The van der Waals surface area contributed by atoms with Gasteiger partial charge in [0.2, 0.25) is 0 Å². The lowest BCUT2D eigenvalue weighted by Crippen LogP contribution is -2.46. The maximum atomic E-state index is 3.49. The zero-order valence-corrected chi connectivity index (χ0v) is 9.94. The van der Waals surface area contributed by atoms with E-state index in [1.807, 2.05) is 0 Å². The fourth-order valence-corrected chi connectivity index (χ4v) is 1.66. The van der Waals surface area contributed by atoms with Gasteiger partial charge in [-0.2, -0.15) is 0 Å². The zero-order valence-electron chi connectivity index (χ0n) is 9.94. The minimum absolute atomic E-state index is 0.250. The predicted molar refractivity (Wildman–Crippen MR) is 57.4 cm³/mol. The highest BCUT2D eigenvalue weighted by molar-refractivity contribution is 4.87. The minimum Gasteiger partial charge on any atom is -0.254 e. The summed E-state index contributed by atoms with van der Waals surface area (Å²) in [5.74, 6) is 0.770. The summed E-state index contributed by atoms with van der Waals surface area (Å²) in [5, 5.41) is 2.36. The molecule has 78 valence electrons. The molecule has 1 aliphatic rings. The average Bonchev–Trinajstić information content (AvgIpc) is 2.28. The molecule has 1 unspecified atom stereocenters. The lowest BCUT2D eigenvalue weighted by molar-refractivity contribution is 0.104. The van der Waals surface area contributed by atoms with Crippen molar-refractivity contribution in [1.29, 1.82) is 0 Å². The van der Waals surface area contributed by atoms with Crippen LogP contribution in [0.4, 0.5) is 0 Å². The van der Waals surface area contributed by atoms with Crippen LogP contribution in [0, 0.1) is 11.3 Å². The van der Waals surface area contributed by atoms with Crippen LogP contribution < -0.4 is 5.43 Å². The molecule has 1 aliphatic heterocycles. The van der Waals surface area contributed by atoms with Crippen LogP contribution in [0.1, 0.15) is 41.5 Å². The molecule has 0 bridgehead atoms. The van der Waals surface area contributed by atoms with Gasteiger partial charge in [-0.05, 0) is 32.1 Å². The molecular weight excluding hydrogens is 160 g/mol. The topological polar surface area (TPSA) is 15.3 Å². The third kappa shape index (κ3) is 2.68. The van der Waals surface area contributed by atoms with Crippen LogP contribution in [0.25, 0.3) is 0 Å². The van der Waals surface area contributed by atoms with Gasteiger partial charge in [0.15, 0.2) is 0 Å². The predicted octanol–water partition coefficient (Wildman–Crippen LogP) is 2.27. The Hall–Kier alpha value is -0.0800. The van der Waals surface area contributed by atoms with Crippen LogP contribution in [0.5, 0.6) is 0 Å². The maximum Gasteiger partial charge on any atom is 0.0270 e. The van der Waals surface area contributed by atoms with Gasteiger partial charge < -0.3 is 0 Å². The zero-order chi connectivity index (χ0) is 10.3. The van der Waals surface area contributed by atoms with Crippen molar-refractivity contribution in [2.75, 3.05) is 13.1 Å². The van der Waals surface area contributed by atoms with E-state index in [1.165, 1.54) is 6.54 Å². The van der Waals surface area contributed by atoms with Crippen LogP contribution in [-0.2, 0) is 0 Å². The smallest absolute Gasteiger partial charge is 0.0270 e. The Labute approximate surface area is 82.7 Å². The molecule has 0 aromatic carbocycles. The van der Waals surface area contributed by atoms with Gasteiger partial charge in [-0.1, -0.05) is 20.8 Å². The van der Waals surface area contributed by atoms with Crippen LogP contribution in [0.3, 0.4) is 0 Å². The highest BCUT2D eigenvalue weighted by Gasteiger charge is 2.35. The molecule has 1 atom stereocenters. The second-order valence-electron chi connectivity index (χ2n) is 6.21. The van der Waals surface area contributed by atoms with Crippen molar-refractivity contribution in [2.24, 2.45) is 11.3 Å². The standard InChI is InChI=1S/C11H24N2/c1-10(2,3)9-7-12-13(8-9)11(4,5)6/h9,12H,7-8H2,1-6H3. The number of hydrazine groups is 1. The molecule has 0 amide bonds. The molecule has 1 rings (SSSR count). The van der Waals surface area contributed by atoms with Crippen molar-refractivity contribution in [2.45, 2.75) is 47.1 Å². The van der Waals surface area contributed by atoms with Gasteiger partial charge in [-0.3, -0.25) is 5.43 Å². The highest BCUT2D eigenvalue weighted by atomic mass is 15.6. The molecule has 1 heterocycles. The quantitative estimate of drug-likeness (QED) is 0.621. The van der Waals surface area contributed by atoms with E-state index >= 15 is 0 Å². The SMILES string of the molecule is CC(C)(C)C1CNN(C(C)(C)C)C1. The summed E-state index contributed by atoms with van der Waals surface area (Å²) in [4.78, 5) is 0. The van der Waals surface area contributed by atoms with Crippen LogP contribution in [-0.4, -0.2) is 23.6 Å². The third-order valence-electron chi connectivity index (χ3n) is 2.97. The number of hydrogen-bond donors (Lipinski definition) is 1. The Kier molecular flexibility index (Phi) is 2.75. The van der Waals surface area contributed by atoms with Gasteiger partial charge in [0.1, 0.15) is 0 Å². The van der Waals surface area contributed by atoms with E-state index in [-0.39, 0.29) is 5.54 Å². The molecule has 1 fully saturated rings. The number of nitrogens with one attached hydrogen (secondary N) is 1. The summed E-state index contributed by atoms with van der Waals surface area (Å²) in [7, 11) is 0. The Morgan fingerprint density at radius 2 is 1.62 bits per heavy atom. The lowest BCUT2D eigenvalue weighted by atomic mass is 9.81. The first-order valence-electron chi connectivity index (χ1n) is 5.22. The van der Waals surface area contributed by atoms with Gasteiger partial charge in [0.05, 0.1) is 0 Å². The Balaban J connectivity index is 2.55. The van der Waals surface area contributed by atoms with Crippen LogP contribution in [0.15, 0.2) is 0 Å². The van der Waals surface area contributed by atoms with Crippen molar-refractivity contribution >= 4 is 0 Å². The number of rotatable bonds is 0. The molecular formula is C11H24N2. The van der Waals surface area contributed by atoms with E-state index in [0.717, 1.165) is 12.5 Å². The summed E-state index contributed by atoms with van der Waals surface area (Å²) in [6, 6.07) is 0. The van der Waals surface area contributed by atoms with Crippen molar-refractivity contribution in [3.8, 4) is 0 Å². The fourth-order valence-electron chi connectivity index (χ4n) is 1.66. The summed E-state index contributed by atoms with van der Waals surface area (Å²) in [6.45, 7) is 16.0. The molecule has 0 aromatic heterocycles. The normalized spacial score (nSPS) is 26.8. The lowest BCUT2D eigenvalue weighted by Gasteiger charge is -2.32. The molecule has 0 aromatic rings. The molecule has 0 spiro atoms. The molecule has 0 saturated carbocycles. The van der Waals surface area contributed by atoms with Crippen LogP contribution >= 0.6 is 0 Å². The molecule has 0 aliphatic carbocycles. The van der Waals surface area contributed by atoms with Crippen molar-refractivity contribution in [3.63, 3.8) is 0 Å². The molecule has 1 N–H and O–H groups in total. The molecule has 2 heteroatoms. The van der Waals surface area contributed by atoms with E-state index in [4.69, 9.17) is 0 Å². The Morgan fingerprint density at radius 3 is 1.85 bits per heavy atom. The molecule has 1 saturated heterocycles. The van der Waals surface area contributed by atoms with E-state index in [0.29, 0.717) is 5.41 Å². The monoisotopic (exact) mass is 184 g/mol. The van der Waals surface area contributed by atoms with Crippen LogP contribution in [0.2, 0.25) is 0 Å². The van der Waals surface area contributed by atoms with Crippen molar-refractivity contribution < 1.29 is 0 Å². The van der Waals surface area contributed by atoms with E-state index in [2.05, 4.69) is 52.0 Å². The number of hydrogen-bond acceptors (Lipinski definition) is 2. The first-order chi connectivity index (χ1) is 5.71. The van der Waals surface area contributed by atoms with E-state index in [9.17, 15) is 0 Å². The fraction of sp³-hybridized carbons (Fsp3) is 1.00. The van der Waals surface area contributed by atoms with Gasteiger partial charge in [-0.25, -0.2) is 5.01 Å². The van der Waals surface area contributed by atoms with Gasteiger partial charge in [0, 0.05) is 18.6 Å². The Morgan fingerprint density at radius 1 is 1.08 bits per heavy atom. The first-order valence-corrected chi connectivity index (χ1v) is 5.22. The summed E-state index contributed by atoms with van der Waals surface area (Å²) in [6.07, 6.45) is 0. The van der Waals surface area contributed by atoms with Crippen molar-refractivity contribution in [3.05, 3.63) is 0 Å².